The van der Waals surface area contributed by atoms with E-state index in [1.54, 1.807) is 0 Å². The van der Waals surface area contributed by atoms with Crippen LogP contribution in [0.2, 0.25) is 0 Å². The number of fused-ring (bicyclic) bond motifs is 3. The zero-order valence-electron chi connectivity index (χ0n) is 22.3. The predicted molar refractivity (Wildman–Crippen MR) is 155 cm³/mol. The molecule has 39 heavy (non-hydrogen) atoms. The van der Waals surface area contributed by atoms with Crippen LogP contribution in [0.3, 0.4) is 0 Å². The van der Waals surface area contributed by atoms with Gasteiger partial charge in [-0.1, -0.05) is 84.9 Å². The Bertz CT molecular complexity index is 1350. The number of hydrogen-bond donors (Lipinski definition) is 0. The number of hydrogen-bond acceptors (Lipinski definition) is 5. The summed E-state index contributed by atoms with van der Waals surface area (Å²) in [5, 5.41) is 2.41. The molecule has 200 valence electrons. The maximum absolute atomic E-state index is 7.22. The number of nitrogens with zero attached hydrogens (tertiary/aromatic N) is 1. The highest BCUT2D eigenvalue weighted by Gasteiger charge is 2.38. The van der Waals surface area contributed by atoms with E-state index in [4.69, 9.17) is 18.9 Å². The van der Waals surface area contributed by atoms with Gasteiger partial charge in [-0.3, -0.25) is 4.90 Å². The number of benzene rings is 4. The van der Waals surface area contributed by atoms with Gasteiger partial charge >= 0.3 is 0 Å². The molecule has 6 rings (SSSR count). The van der Waals surface area contributed by atoms with Crippen molar-refractivity contribution in [1.29, 1.82) is 0 Å². The Morgan fingerprint density at radius 2 is 1.21 bits per heavy atom. The lowest BCUT2D eigenvalue weighted by Crippen LogP contribution is -2.36. The van der Waals surface area contributed by atoms with Crippen molar-refractivity contribution in [3.05, 3.63) is 119 Å². The molecule has 0 saturated carbocycles. The molecule has 0 bridgehead atoms. The summed E-state index contributed by atoms with van der Waals surface area (Å²) in [7, 11) is 0. The molecule has 2 heterocycles. The van der Waals surface area contributed by atoms with E-state index in [-0.39, 0.29) is 0 Å². The minimum Gasteiger partial charge on any atom is -0.473 e. The van der Waals surface area contributed by atoms with Crippen molar-refractivity contribution in [2.24, 2.45) is 0 Å². The van der Waals surface area contributed by atoms with E-state index in [9.17, 15) is 0 Å². The van der Waals surface area contributed by atoms with Crippen molar-refractivity contribution in [3.63, 3.8) is 0 Å². The van der Waals surface area contributed by atoms with Crippen LogP contribution in [0.15, 0.2) is 97.1 Å². The normalized spacial score (nSPS) is 18.5. The van der Waals surface area contributed by atoms with E-state index in [1.165, 1.54) is 16.3 Å². The first-order chi connectivity index (χ1) is 19.3. The van der Waals surface area contributed by atoms with Crippen molar-refractivity contribution in [1.82, 2.24) is 4.90 Å². The predicted octanol–water partition coefficient (Wildman–Crippen LogP) is 6.05. The third-order valence-corrected chi connectivity index (χ3v) is 7.51. The second-order valence-electron chi connectivity index (χ2n) is 10.0. The summed E-state index contributed by atoms with van der Waals surface area (Å²) >= 11 is 0. The highest BCUT2D eigenvalue weighted by Crippen LogP contribution is 2.46. The quantitative estimate of drug-likeness (QED) is 0.327. The molecule has 0 aromatic heterocycles. The molecule has 1 fully saturated rings. The summed E-state index contributed by atoms with van der Waals surface area (Å²) in [6.45, 7) is 6.06. The van der Waals surface area contributed by atoms with Crippen LogP contribution in [0.4, 0.5) is 0 Å². The van der Waals surface area contributed by atoms with Gasteiger partial charge < -0.3 is 18.9 Å². The maximum Gasteiger partial charge on any atom is 0.178 e. The largest absolute Gasteiger partial charge is 0.473 e. The van der Waals surface area contributed by atoms with Gasteiger partial charge in [0.1, 0.15) is 5.75 Å². The summed E-state index contributed by atoms with van der Waals surface area (Å²) < 4.78 is 24.5. The van der Waals surface area contributed by atoms with Crippen molar-refractivity contribution in [2.45, 2.75) is 12.1 Å². The Morgan fingerprint density at radius 1 is 0.641 bits per heavy atom. The first kappa shape index (κ1) is 25.8. The second-order valence-corrected chi connectivity index (χ2v) is 10.0. The van der Waals surface area contributed by atoms with Crippen LogP contribution < -0.4 is 4.74 Å². The van der Waals surface area contributed by atoms with Crippen LogP contribution in [-0.4, -0.2) is 57.6 Å². The summed E-state index contributed by atoms with van der Waals surface area (Å²) in [6, 6.07) is 31.9. The van der Waals surface area contributed by atoms with Gasteiger partial charge in [0, 0.05) is 41.9 Å². The molecule has 0 atom stereocenters. The highest BCUT2D eigenvalue weighted by atomic mass is 16.5. The van der Waals surface area contributed by atoms with Crippen molar-refractivity contribution >= 4 is 16.8 Å². The SMILES string of the molecule is C1=CC(c2ccccc2)(c2ccccc2)Oc2c(CN3CCOCCOCCOCC3)cc3ccccc3c21. The average Bonchev–Trinajstić information content (AvgIpc) is 2.99. The van der Waals surface area contributed by atoms with Crippen molar-refractivity contribution < 1.29 is 18.9 Å². The Labute approximate surface area is 230 Å². The Hall–Kier alpha value is -3.48. The fourth-order valence-corrected chi connectivity index (χ4v) is 5.50. The standard InChI is InChI=1S/C34H35NO4/c1-3-10-29(11-4-1)34(30-12-5-2-6-13-30)16-15-32-31-14-8-7-9-27(31)25-28(33(32)39-34)26-35-17-19-36-21-23-38-24-22-37-20-18-35/h1-16,25H,17-24,26H2. The first-order valence-corrected chi connectivity index (χ1v) is 13.8. The van der Waals surface area contributed by atoms with Crippen molar-refractivity contribution in [2.75, 3.05) is 52.7 Å². The maximum atomic E-state index is 7.22. The molecule has 5 nitrogen and oxygen atoms in total. The fourth-order valence-electron chi connectivity index (χ4n) is 5.50. The van der Waals surface area contributed by atoms with Gasteiger partial charge in [0.15, 0.2) is 5.60 Å². The molecule has 0 N–H and O–H groups in total. The minimum atomic E-state index is -0.721. The van der Waals surface area contributed by atoms with Crippen molar-refractivity contribution in [3.8, 4) is 5.75 Å². The molecule has 0 unspecified atom stereocenters. The molecule has 4 aromatic rings. The van der Waals surface area contributed by atoms with Crippen LogP contribution in [0.1, 0.15) is 22.3 Å². The number of ether oxygens (including phenoxy) is 4. The van der Waals surface area contributed by atoms with Gasteiger partial charge in [-0.25, -0.2) is 0 Å². The first-order valence-electron chi connectivity index (χ1n) is 13.8. The van der Waals surface area contributed by atoms with E-state index >= 15 is 0 Å². The summed E-state index contributed by atoms with van der Waals surface area (Å²) in [6.07, 6.45) is 4.48. The molecule has 0 spiro atoms. The monoisotopic (exact) mass is 521 g/mol. The average molecular weight is 522 g/mol. The van der Waals surface area contributed by atoms with E-state index in [2.05, 4.69) is 108 Å². The van der Waals surface area contributed by atoms with E-state index in [0.29, 0.717) is 39.6 Å². The number of rotatable bonds is 4. The van der Waals surface area contributed by atoms with Gasteiger partial charge in [-0.15, -0.1) is 0 Å². The Balaban J connectivity index is 1.42. The van der Waals surface area contributed by atoms with Gasteiger partial charge in [-0.05, 0) is 29.0 Å². The molecule has 1 saturated heterocycles. The minimum absolute atomic E-state index is 0.600. The highest BCUT2D eigenvalue weighted by molar-refractivity contribution is 5.95. The molecular weight excluding hydrogens is 486 g/mol. The zero-order chi connectivity index (χ0) is 26.3. The molecule has 0 radical (unpaired) electrons. The van der Waals surface area contributed by atoms with Gasteiger partial charge in [0.05, 0.1) is 39.6 Å². The third-order valence-electron chi connectivity index (χ3n) is 7.51. The van der Waals surface area contributed by atoms with Crippen LogP contribution >= 0.6 is 0 Å². The molecule has 0 aliphatic carbocycles. The van der Waals surface area contributed by atoms with E-state index in [1.807, 2.05) is 0 Å². The topological polar surface area (TPSA) is 40.2 Å². The fraction of sp³-hybridized carbons (Fsp3) is 0.294. The molecule has 4 aromatic carbocycles. The summed E-state index contributed by atoms with van der Waals surface area (Å²) in [5.41, 5.74) is 3.78. The van der Waals surface area contributed by atoms with Crippen LogP contribution in [0.25, 0.3) is 16.8 Å². The summed E-state index contributed by atoms with van der Waals surface area (Å²) in [5.74, 6) is 0.935. The summed E-state index contributed by atoms with van der Waals surface area (Å²) in [4.78, 5) is 2.40. The molecule has 2 aliphatic rings. The Morgan fingerprint density at radius 3 is 1.85 bits per heavy atom. The Kier molecular flexibility index (Phi) is 8.03. The lowest BCUT2D eigenvalue weighted by Gasteiger charge is -2.38. The molecule has 2 aliphatic heterocycles. The smallest absolute Gasteiger partial charge is 0.178 e. The van der Waals surface area contributed by atoms with Gasteiger partial charge in [0.25, 0.3) is 0 Å². The third kappa shape index (κ3) is 5.63. The van der Waals surface area contributed by atoms with Gasteiger partial charge in [-0.2, -0.15) is 0 Å². The van der Waals surface area contributed by atoms with E-state index < -0.39 is 5.60 Å². The van der Waals surface area contributed by atoms with E-state index in [0.717, 1.165) is 42.1 Å². The van der Waals surface area contributed by atoms with Crippen LogP contribution in [0, 0.1) is 0 Å². The zero-order valence-corrected chi connectivity index (χ0v) is 22.3. The molecule has 5 heteroatoms. The lowest BCUT2D eigenvalue weighted by atomic mass is 9.82. The molecule has 0 amide bonds. The van der Waals surface area contributed by atoms with Crippen LogP contribution in [-0.2, 0) is 26.4 Å². The second kappa shape index (κ2) is 12.1. The molecular formula is C34H35NO4. The lowest BCUT2D eigenvalue weighted by molar-refractivity contribution is -0.00705. The van der Waals surface area contributed by atoms with Crippen LogP contribution in [0.5, 0.6) is 5.75 Å². The van der Waals surface area contributed by atoms with Gasteiger partial charge in [0.2, 0.25) is 0 Å².